The zero-order valence-electron chi connectivity index (χ0n) is 19.8. The predicted octanol–water partition coefficient (Wildman–Crippen LogP) is 4.12. The molecule has 0 aromatic rings. The quantitative estimate of drug-likeness (QED) is 0.251. The molecule has 2 heterocycles. The highest BCUT2D eigenvalue weighted by atomic mass is 16.7. The van der Waals surface area contributed by atoms with Gasteiger partial charge >= 0.3 is 11.9 Å². The topological polar surface area (TPSA) is 121 Å². The largest absolute Gasteiger partial charge is 0.481 e. The number of carboxylic acids is 2. The van der Waals surface area contributed by atoms with Crippen molar-refractivity contribution in [2.45, 2.75) is 115 Å². The molecule has 2 rings (SSSR count). The molecule has 2 fully saturated rings. The van der Waals surface area contributed by atoms with E-state index in [4.69, 9.17) is 33.9 Å². The monoisotopic (exact) mass is 474 g/mol. The highest BCUT2D eigenvalue weighted by molar-refractivity contribution is 5.66. The van der Waals surface area contributed by atoms with Gasteiger partial charge in [-0.1, -0.05) is 38.5 Å². The number of hydrogen-bond acceptors (Lipinski definition) is 7. The smallest absolute Gasteiger partial charge is 0.303 e. The first-order chi connectivity index (χ1) is 16.0. The predicted molar refractivity (Wildman–Crippen MR) is 120 cm³/mol. The van der Waals surface area contributed by atoms with Crippen molar-refractivity contribution in [1.82, 2.24) is 0 Å². The second-order valence-corrected chi connectivity index (χ2v) is 8.98. The van der Waals surface area contributed by atoms with Crippen LogP contribution in [0.3, 0.4) is 0 Å². The Hall–Kier alpha value is -1.26. The molecule has 4 unspecified atom stereocenters. The molecular weight excluding hydrogens is 432 g/mol. The molecule has 0 spiro atoms. The zero-order valence-corrected chi connectivity index (χ0v) is 19.8. The summed E-state index contributed by atoms with van der Waals surface area (Å²) in [6.45, 7) is 2.04. The Morgan fingerprint density at radius 1 is 0.636 bits per heavy atom. The van der Waals surface area contributed by atoms with E-state index >= 15 is 0 Å². The van der Waals surface area contributed by atoms with Gasteiger partial charge in [-0.05, 0) is 38.5 Å². The Morgan fingerprint density at radius 3 is 1.45 bits per heavy atom. The number of carboxylic acid groups (broad SMARTS) is 2. The van der Waals surface area contributed by atoms with Gasteiger partial charge in [0, 0.05) is 12.8 Å². The normalized spacial score (nSPS) is 25.0. The van der Waals surface area contributed by atoms with Gasteiger partial charge in [-0.3, -0.25) is 9.59 Å². The van der Waals surface area contributed by atoms with Crippen LogP contribution in [0.2, 0.25) is 0 Å². The molecule has 0 radical (unpaired) electrons. The van der Waals surface area contributed by atoms with E-state index in [1.807, 2.05) is 0 Å². The molecule has 2 aliphatic heterocycles. The van der Waals surface area contributed by atoms with Crippen LogP contribution in [0.5, 0.6) is 0 Å². The molecule has 0 aliphatic carbocycles. The van der Waals surface area contributed by atoms with Gasteiger partial charge in [-0.2, -0.15) is 0 Å². The van der Waals surface area contributed by atoms with Crippen LogP contribution in [0.25, 0.3) is 0 Å². The van der Waals surface area contributed by atoms with Crippen molar-refractivity contribution in [3.63, 3.8) is 0 Å². The lowest BCUT2D eigenvalue weighted by molar-refractivity contribution is -0.138. The fourth-order valence-corrected chi connectivity index (χ4v) is 4.06. The Morgan fingerprint density at radius 2 is 1.03 bits per heavy atom. The van der Waals surface area contributed by atoms with E-state index in [-0.39, 0.29) is 37.6 Å². The molecule has 33 heavy (non-hydrogen) atoms. The maximum atomic E-state index is 10.5. The summed E-state index contributed by atoms with van der Waals surface area (Å²) in [5.41, 5.74) is 0. The SMILES string of the molecule is O=C(O)CCCCCCCC1OCC(COCC2COC(CCCCCCCC(=O)O)O2)O1. The van der Waals surface area contributed by atoms with E-state index in [0.29, 0.717) is 26.4 Å². The Balaban J connectivity index is 1.39. The number of carbonyl (C=O) groups is 2. The molecule has 192 valence electrons. The summed E-state index contributed by atoms with van der Waals surface area (Å²) in [7, 11) is 0. The average Bonchev–Trinajstić information content (AvgIpc) is 3.41. The van der Waals surface area contributed by atoms with Gasteiger partial charge < -0.3 is 33.9 Å². The second-order valence-electron chi connectivity index (χ2n) is 8.98. The van der Waals surface area contributed by atoms with Crippen LogP contribution in [0.4, 0.5) is 0 Å². The molecule has 9 nitrogen and oxygen atoms in total. The van der Waals surface area contributed by atoms with Crippen LogP contribution in [0.1, 0.15) is 89.9 Å². The molecule has 2 N–H and O–H groups in total. The summed E-state index contributed by atoms with van der Waals surface area (Å²) >= 11 is 0. The van der Waals surface area contributed by atoms with Crippen molar-refractivity contribution < 1.29 is 43.5 Å². The van der Waals surface area contributed by atoms with E-state index in [1.165, 1.54) is 0 Å². The molecule has 0 bridgehead atoms. The molecule has 2 aliphatic rings. The molecule has 0 aromatic heterocycles. The Labute approximate surface area is 197 Å². The van der Waals surface area contributed by atoms with E-state index in [1.54, 1.807) is 0 Å². The summed E-state index contributed by atoms with van der Waals surface area (Å²) in [5.74, 6) is -1.44. The zero-order chi connectivity index (χ0) is 23.7. The molecule has 0 saturated carbocycles. The first-order valence-corrected chi connectivity index (χ1v) is 12.6. The average molecular weight is 475 g/mol. The lowest BCUT2D eigenvalue weighted by atomic mass is 10.1. The minimum Gasteiger partial charge on any atom is -0.481 e. The van der Waals surface area contributed by atoms with E-state index < -0.39 is 11.9 Å². The minimum absolute atomic E-state index is 0.0511. The Kier molecular flexibility index (Phi) is 14.6. The molecule has 4 atom stereocenters. The van der Waals surface area contributed by atoms with Crippen molar-refractivity contribution in [2.24, 2.45) is 0 Å². The number of rotatable bonds is 20. The molecular formula is C24H42O9. The van der Waals surface area contributed by atoms with Crippen LogP contribution in [-0.2, 0) is 33.3 Å². The lowest BCUT2D eigenvalue weighted by Gasteiger charge is -2.14. The van der Waals surface area contributed by atoms with Crippen molar-refractivity contribution >= 4 is 11.9 Å². The van der Waals surface area contributed by atoms with Crippen LogP contribution in [0.15, 0.2) is 0 Å². The van der Waals surface area contributed by atoms with Gasteiger partial charge in [0.2, 0.25) is 0 Å². The third kappa shape index (κ3) is 13.9. The number of hydrogen-bond donors (Lipinski definition) is 2. The maximum absolute atomic E-state index is 10.5. The molecule has 0 aromatic carbocycles. The lowest BCUT2D eigenvalue weighted by Crippen LogP contribution is -2.25. The standard InChI is InChI=1S/C24H42O9/c25-21(26)11-7-3-1-5-9-13-23-30-17-19(32-23)15-29-16-20-18-31-24(33-20)14-10-6-2-4-8-12-22(27)28/h19-20,23-24H,1-18H2,(H,25,26)(H,27,28). The van der Waals surface area contributed by atoms with Gasteiger partial charge in [0.15, 0.2) is 12.6 Å². The first-order valence-electron chi connectivity index (χ1n) is 12.6. The summed E-state index contributed by atoms with van der Waals surface area (Å²) in [6, 6.07) is 0. The van der Waals surface area contributed by atoms with Crippen molar-refractivity contribution in [3.8, 4) is 0 Å². The summed E-state index contributed by atoms with van der Waals surface area (Å²) < 4.78 is 28.9. The summed E-state index contributed by atoms with van der Waals surface area (Å²) in [5, 5.41) is 17.2. The third-order valence-electron chi connectivity index (χ3n) is 5.89. The molecule has 2 saturated heterocycles. The number of aliphatic carboxylic acids is 2. The second kappa shape index (κ2) is 17.2. The summed E-state index contributed by atoms with van der Waals surface area (Å²) in [4.78, 5) is 21.0. The Bertz CT molecular complexity index is 496. The third-order valence-corrected chi connectivity index (χ3v) is 5.89. The minimum atomic E-state index is -0.721. The maximum Gasteiger partial charge on any atom is 0.303 e. The van der Waals surface area contributed by atoms with Crippen LogP contribution in [0, 0.1) is 0 Å². The first kappa shape index (κ1) is 28.0. The van der Waals surface area contributed by atoms with Crippen molar-refractivity contribution in [3.05, 3.63) is 0 Å². The highest BCUT2D eigenvalue weighted by Crippen LogP contribution is 2.21. The van der Waals surface area contributed by atoms with E-state index in [0.717, 1.165) is 77.0 Å². The van der Waals surface area contributed by atoms with Gasteiger partial charge in [-0.15, -0.1) is 0 Å². The van der Waals surface area contributed by atoms with E-state index in [9.17, 15) is 9.59 Å². The highest BCUT2D eigenvalue weighted by Gasteiger charge is 2.28. The van der Waals surface area contributed by atoms with Gasteiger partial charge in [0.1, 0.15) is 12.2 Å². The van der Waals surface area contributed by atoms with Gasteiger partial charge in [0.05, 0.1) is 26.4 Å². The molecule has 9 heteroatoms. The number of unbranched alkanes of at least 4 members (excludes halogenated alkanes) is 8. The fourth-order valence-electron chi connectivity index (χ4n) is 4.06. The van der Waals surface area contributed by atoms with Crippen LogP contribution < -0.4 is 0 Å². The van der Waals surface area contributed by atoms with Crippen molar-refractivity contribution in [2.75, 3.05) is 26.4 Å². The number of ether oxygens (including phenoxy) is 5. The van der Waals surface area contributed by atoms with Crippen molar-refractivity contribution in [1.29, 1.82) is 0 Å². The fraction of sp³-hybridized carbons (Fsp3) is 0.917. The molecule has 0 amide bonds. The van der Waals surface area contributed by atoms with E-state index in [2.05, 4.69) is 0 Å². The van der Waals surface area contributed by atoms with Gasteiger partial charge in [0.25, 0.3) is 0 Å². The van der Waals surface area contributed by atoms with Crippen LogP contribution in [-0.4, -0.2) is 73.4 Å². The van der Waals surface area contributed by atoms with Gasteiger partial charge in [-0.25, -0.2) is 0 Å². The van der Waals surface area contributed by atoms with Crippen LogP contribution >= 0.6 is 0 Å². The summed E-state index contributed by atoms with van der Waals surface area (Å²) in [6.07, 6.45) is 11.4.